The Bertz CT molecular complexity index is 423. The lowest BCUT2D eigenvalue weighted by molar-refractivity contribution is 0.464. The van der Waals surface area contributed by atoms with E-state index in [-0.39, 0.29) is 0 Å². The van der Waals surface area contributed by atoms with Crippen molar-refractivity contribution < 1.29 is 5.11 Å². The number of rotatable bonds is 5. The van der Waals surface area contributed by atoms with Gasteiger partial charge in [-0.05, 0) is 51.6 Å². The molecule has 0 fully saturated rings. The molecule has 2 N–H and O–H groups in total. The number of phenols is 1. The highest BCUT2D eigenvalue weighted by atomic mass is 16.3. The Morgan fingerprint density at radius 1 is 1.28 bits per heavy atom. The van der Waals surface area contributed by atoms with Gasteiger partial charge in [0.2, 0.25) is 0 Å². The number of aromatic hydroxyl groups is 1. The predicted molar refractivity (Wildman–Crippen MR) is 75.7 cm³/mol. The highest BCUT2D eigenvalue weighted by molar-refractivity contribution is 5.35. The Labute approximate surface area is 110 Å². The third kappa shape index (κ3) is 3.88. The van der Waals surface area contributed by atoms with E-state index in [9.17, 15) is 5.11 Å². The zero-order chi connectivity index (χ0) is 12.8. The molecule has 1 aliphatic rings. The van der Waals surface area contributed by atoms with Crippen LogP contribution in [-0.4, -0.2) is 11.7 Å². The molecule has 2 heteroatoms. The second-order valence-corrected chi connectivity index (χ2v) is 5.17. The maximum Gasteiger partial charge on any atom is 0.120 e. The van der Waals surface area contributed by atoms with E-state index >= 15 is 0 Å². The SMILES string of the molecule is Cc1ccc(O)c(CNCCC2=CCCCC2)c1. The largest absolute Gasteiger partial charge is 0.508 e. The molecular weight excluding hydrogens is 222 g/mol. The summed E-state index contributed by atoms with van der Waals surface area (Å²) < 4.78 is 0. The first-order chi connectivity index (χ1) is 8.75. The van der Waals surface area contributed by atoms with Gasteiger partial charge in [0.15, 0.2) is 0 Å². The Kier molecular flexibility index (Phi) is 4.82. The second kappa shape index (κ2) is 6.60. The van der Waals surface area contributed by atoms with Gasteiger partial charge in [-0.2, -0.15) is 0 Å². The minimum absolute atomic E-state index is 0.394. The number of aryl methyl sites for hydroxylation is 1. The molecule has 1 aliphatic carbocycles. The van der Waals surface area contributed by atoms with E-state index in [2.05, 4.69) is 18.3 Å². The summed E-state index contributed by atoms with van der Waals surface area (Å²) in [6.45, 7) is 3.80. The van der Waals surface area contributed by atoms with Gasteiger partial charge in [-0.25, -0.2) is 0 Å². The summed E-state index contributed by atoms with van der Waals surface area (Å²) in [5, 5.41) is 13.1. The molecule has 0 saturated heterocycles. The van der Waals surface area contributed by atoms with Crippen molar-refractivity contribution in [3.8, 4) is 5.75 Å². The molecule has 0 unspecified atom stereocenters. The maximum absolute atomic E-state index is 9.73. The van der Waals surface area contributed by atoms with Crippen LogP contribution in [0.3, 0.4) is 0 Å². The van der Waals surface area contributed by atoms with Crippen molar-refractivity contribution in [3.05, 3.63) is 41.0 Å². The molecule has 1 aromatic carbocycles. The summed E-state index contributed by atoms with van der Waals surface area (Å²) in [5.74, 6) is 0.394. The van der Waals surface area contributed by atoms with Crippen LogP contribution in [0.15, 0.2) is 29.8 Å². The quantitative estimate of drug-likeness (QED) is 0.612. The Morgan fingerprint density at radius 3 is 2.94 bits per heavy atom. The van der Waals surface area contributed by atoms with Gasteiger partial charge in [-0.3, -0.25) is 0 Å². The molecule has 1 aromatic rings. The molecule has 2 nitrogen and oxygen atoms in total. The van der Waals surface area contributed by atoms with Gasteiger partial charge < -0.3 is 10.4 Å². The van der Waals surface area contributed by atoms with E-state index in [1.807, 2.05) is 12.1 Å². The highest BCUT2D eigenvalue weighted by Crippen LogP contribution is 2.20. The van der Waals surface area contributed by atoms with Crippen LogP contribution in [0, 0.1) is 6.92 Å². The fourth-order valence-corrected chi connectivity index (χ4v) is 2.46. The number of hydrogen-bond donors (Lipinski definition) is 2. The number of nitrogens with one attached hydrogen (secondary N) is 1. The molecule has 2 rings (SSSR count). The summed E-state index contributed by atoms with van der Waals surface area (Å²) in [7, 11) is 0. The third-order valence-electron chi connectivity index (χ3n) is 3.56. The second-order valence-electron chi connectivity index (χ2n) is 5.17. The van der Waals surface area contributed by atoms with Gasteiger partial charge in [-0.15, -0.1) is 0 Å². The fourth-order valence-electron chi connectivity index (χ4n) is 2.46. The van der Waals surface area contributed by atoms with E-state index in [0.29, 0.717) is 5.75 Å². The van der Waals surface area contributed by atoms with Gasteiger partial charge in [0.05, 0.1) is 0 Å². The summed E-state index contributed by atoms with van der Waals surface area (Å²) in [6.07, 6.45) is 8.78. The fraction of sp³-hybridized carbons (Fsp3) is 0.500. The standard InChI is InChI=1S/C16H23NO/c1-13-7-8-16(18)15(11-13)12-17-10-9-14-5-3-2-4-6-14/h5,7-8,11,17-18H,2-4,6,9-10,12H2,1H3. The molecule has 0 saturated carbocycles. The zero-order valence-corrected chi connectivity index (χ0v) is 11.2. The monoisotopic (exact) mass is 245 g/mol. The van der Waals surface area contributed by atoms with Crippen molar-refractivity contribution in [2.24, 2.45) is 0 Å². The van der Waals surface area contributed by atoms with E-state index in [4.69, 9.17) is 0 Å². The average molecular weight is 245 g/mol. The maximum atomic E-state index is 9.73. The molecule has 0 amide bonds. The highest BCUT2D eigenvalue weighted by Gasteiger charge is 2.04. The van der Waals surface area contributed by atoms with E-state index in [1.54, 1.807) is 11.6 Å². The van der Waals surface area contributed by atoms with Crippen LogP contribution in [0.1, 0.15) is 43.2 Å². The predicted octanol–water partition coefficient (Wildman–Crippen LogP) is 3.68. The minimum atomic E-state index is 0.394. The van der Waals surface area contributed by atoms with E-state index in [0.717, 1.165) is 25.1 Å². The van der Waals surface area contributed by atoms with Gasteiger partial charge in [0.1, 0.15) is 5.75 Å². The Hall–Kier alpha value is -1.28. The molecule has 0 spiro atoms. The van der Waals surface area contributed by atoms with Crippen LogP contribution in [0.4, 0.5) is 0 Å². The van der Waals surface area contributed by atoms with E-state index in [1.165, 1.54) is 31.2 Å². The normalized spacial score (nSPS) is 15.5. The lowest BCUT2D eigenvalue weighted by Gasteiger charge is -2.13. The third-order valence-corrected chi connectivity index (χ3v) is 3.56. The van der Waals surface area contributed by atoms with Crippen LogP contribution in [0.2, 0.25) is 0 Å². The summed E-state index contributed by atoms with van der Waals surface area (Å²) in [5.41, 5.74) is 3.79. The molecule has 0 radical (unpaired) electrons. The molecule has 98 valence electrons. The smallest absolute Gasteiger partial charge is 0.120 e. The van der Waals surface area contributed by atoms with Crippen LogP contribution in [-0.2, 0) is 6.54 Å². The Morgan fingerprint density at radius 2 is 2.17 bits per heavy atom. The van der Waals surface area contributed by atoms with Crippen LogP contribution in [0.25, 0.3) is 0 Å². The number of phenolic OH excluding ortho intramolecular Hbond substituents is 1. The molecule has 0 aliphatic heterocycles. The van der Waals surface area contributed by atoms with Crippen LogP contribution in [0.5, 0.6) is 5.75 Å². The lowest BCUT2D eigenvalue weighted by Crippen LogP contribution is -2.15. The average Bonchev–Trinajstić information content (AvgIpc) is 2.40. The van der Waals surface area contributed by atoms with Crippen molar-refractivity contribution in [3.63, 3.8) is 0 Å². The van der Waals surface area contributed by atoms with Gasteiger partial charge in [0.25, 0.3) is 0 Å². The number of allylic oxidation sites excluding steroid dienone is 1. The molecule has 0 bridgehead atoms. The lowest BCUT2D eigenvalue weighted by atomic mass is 9.97. The van der Waals surface area contributed by atoms with Gasteiger partial charge in [0, 0.05) is 12.1 Å². The summed E-state index contributed by atoms with van der Waals surface area (Å²) >= 11 is 0. The first-order valence-electron chi connectivity index (χ1n) is 6.93. The molecule has 0 atom stereocenters. The van der Waals surface area contributed by atoms with Crippen LogP contribution < -0.4 is 5.32 Å². The number of benzene rings is 1. The van der Waals surface area contributed by atoms with Crippen LogP contribution >= 0.6 is 0 Å². The molecular formula is C16H23NO. The first-order valence-corrected chi connectivity index (χ1v) is 6.93. The van der Waals surface area contributed by atoms with Crippen molar-refractivity contribution in [1.29, 1.82) is 0 Å². The molecule has 18 heavy (non-hydrogen) atoms. The molecule has 0 heterocycles. The van der Waals surface area contributed by atoms with Gasteiger partial charge >= 0.3 is 0 Å². The summed E-state index contributed by atoms with van der Waals surface area (Å²) in [6, 6.07) is 5.75. The zero-order valence-electron chi connectivity index (χ0n) is 11.2. The number of hydrogen-bond acceptors (Lipinski definition) is 2. The first kappa shape index (κ1) is 13.2. The van der Waals surface area contributed by atoms with E-state index < -0.39 is 0 Å². The van der Waals surface area contributed by atoms with Crippen molar-refractivity contribution in [1.82, 2.24) is 5.32 Å². The molecule has 0 aromatic heterocycles. The van der Waals surface area contributed by atoms with Crippen molar-refractivity contribution in [2.45, 2.75) is 45.6 Å². The van der Waals surface area contributed by atoms with Gasteiger partial charge in [-0.1, -0.05) is 29.3 Å². The Balaban J connectivity index is 1.74. The summed E-state index contributed by atoms with van der Waals surface area (Å²) in [4.78, 5) is 0. The van der Waals surface area contributed by atoms with Crippen molar-refractivity contribution in [2.75, 3.05) is 6.54 Å². The topological polar surface area (TPSA) is 32.3 Å². The van der Waals surface area contributed by atoms with Crippen molar-refractivity contribution >= 4 is 0 Å². The minimum Gasteiger partial charge on any atom is -0.508 e.